The zero-order valence-electron chi connectivity index (χ0n) is 12.8. The van der Waals surface area contributed by atoms with Crippen molar-refractivity contribution in [2.75, 3.05) is 6.54 Å². The van der Waals surface area contributed by atoms with Crippen molar-refractivity contribution in [1.82, 2.24) is 30.1 Å². The summed E-state index contributed by atoms with van der Waals surface area (Å²) in [6.45, 7) is 0.433. The van der Waals surface area contributed by atoms with Crippen LogP contribution in [0.5, 0.6) is 0 Å². The highest BCUT2D eigenvalue weighted by Crippen LogP contribution is 2.20. The smallest absolute Gasteiger partial charge is 0.273 e. The van der Waals surface area contributed by atoms with E-state index in [4.69, 9.17) is 11.6 Å². The van der Waals surface area contributed by atoms with Crippen LogP contribution in [0.2, 0.25) is 5.02 Å². The minimum Gasteiger partial charge on any atom is -0.350 e. The Morgan fingerprint density at radius 1 is 1.38 bits per heavy atom. The Balaban J connectivity index is 1.64. The molecule has 24 heavy (non-hydrogen) atoms. The first-order valence-corrected chi connectivity index (χ1v) is 7.55. The summed E-state index contributed by atoms with van der Waals surface area (Å²) in [7, 11) is 1.83. The molecule has 7 nitrogen and oxygen atoms in total. The van der Waals surface area contributed by atoms with Crippen molar-refractivity contribution in [1.29, 1.82) is 0 Å². The van der Waals surface area contributed by atoms with Crippen molar-refractivity contribution in [2.45, 2.75) is 6.42 Å². The van der Waals surface area contributed by atoms with Gasteiger partial charge in [0.15, 0.2) is 11.5 Å². The van der Waals surface area contributed by atoms with Crippen LogP contribution in [0.15, 0.2) is 36.8 Å². The van der Waals surface area contributed by atoms with Gasteiger partial charge in [0.2, 0.25) is 0 Å². The number of benzene rings is 1. The Bertz CT molecular complexity index is 874. The molecule has 0 radical (unpaired) electrons. The first kappa shape index (κ1) is 16.1. The molecule has 0 bridgehead atoms. The molecule has 124 valence electrons. The van der Waals surface area contributed by atoms with Crippen LogP contribution in [-0.2, 0) is 13.5 Å². The van der Waals surface area contributed by atoms with Crippen molar-refractivity contribution in [2.24, 2.45) is 7.05 Å². The van der Waals surface area contributed by atoms with Gasteiger partial charge in [-0.25, -0.2) is 9.07 Å². The van der Waals surface area contributed by atoms with Gasteiger partial charge in [-0.3, -0.25) is 9.48 Å². The largest absolute Gasteiger partial charge is 0.350 e. The molecule has 1 N–H and O–H groups in total. The summed E-state index contributed by atoms with van der Waals surface area (Å²) in [6, 6.07) is 4.53. The number of carbonyl (C=O) groups excluding carboxylic acids is 1. The number of amides is 1. The van der Waals surface area contributed by atoms with E-state index in [1.54, 1.807) is 16.9 Å². The maximum absolute atomic E-state index is 14.0. The first-order valence-electron chi connectivity index (χ1n) is 7.17. The van der Waals surface area contributed by atoms with Crippen LogP contribution < -0.4 is 5.32 Å². The average molecular weight is 349 g/mol. The average Bonchev–Trinajstić information content (AvgIpc) is 3.19. The first-order chi connectivity index (χ1) is 11.5. The third-order valence-electron chi connectivity index (χ3n) is 3.36. The summed E-state index contributed by atoms with van der Waals surface area (Å²) >= 11 is 5.74. The highest BCUT2D eigenvalue weighted by Gasteiger charge is 2.14. The van der Waals surface area contributed by atoms with Crippen LogP contribution in [0.3, 0.4) is 0 Å². The molecule has 2 heterocycles. The van der Waals surface area contributed by atoms with Crippen LogP contribution >= 0.6 is 11.6 Å². The highest BCUT2D eigenvalue weighted by atomic mass is 35.5. The Hall–Kier alpha value is -2.74. The standard InChI is InChI=1S/C15H14ClFN6O/c1-22-8-10(7-19-22)5-6-18-15(24)12-9-23(21-20-12)13-4-2-3-11(16)14(13)17/h2-4,7-9H,5-6H2,1H3,(H,18,24). The summed E-state index contributed by atoms with van der Waals surface area (Å²) < 4.78 is 16.8. The van der Waals surface area contributed by atoms with Crippen molar-refractivity contribution >= 4 is 17.5 Å². The van der Waals surface area contributed by atoms with Gasteiger partial charge in [-0.2, -0.15) is 5.10 Å². The van der Waals surface area contributed by atoms with Gasteiger partial charge in [0.25, 0.3) is 5.91 Å². The molecule has 3 aromatic rings. The molecule has 2 aromatic heterocycles. The summed E-state index contributed by atoms with van der Waals surface area (Å²) in [5.74, 6) is -1.000. The highest BCUT2D eigenvalue weighted by molar-refractivity contribution is 6.30. The van der Waals surface area contributed by atoms with Gasteiger partial charge in [0, 0.05) is 19.8 Å². The Morgan fingerprint density at radius 2 is 2.21 bits per heavy atom. The molecule has 0 saturated carbocycles. The van der Waals surface area contributed by atoms with Gasteiger partial charge in [0.1, 0.15) is 5.69 Å². The second-order valence-electron chi connectivity index (χ2n) is 5.15. The SMILES string of the molecule is Cn1cc(CCNC(=O)c2cn(-c3cccc(Cl)c3F)nn2)cn1. The van der Waals surface area contributed by atoms with Gasteiger partial charge in [0.05, 0.1) is 17.4 Å². The fourth-order valence-corrected chi connectivity index (χ4v) is 2.34. The fraction of sp³-hybridized carbons (Fsp3) is 0.200. The lowest BCUT2D eigenvalue weighted by atomic mass is 10.2. The molecule has 0 unspecified atom stereocenters. The Morgan fingerprint density at radius 3 is 2.96 bits per heavy atom. The number of hydrogen-bond acceptors (Lipinski definition) is 4. The van der Waals surface area contributed by atoms with E-state index in [1.807, 2.05) is 13.2 Å². The van der Waals surface area contributed by atoms with Crippen LogP contribution in [0.25, 0.3) is 5.69 Å². The lowest BCUT2D eigenvalue weighted by Crippen LogP contribution is -2.26. The number of aromatic nitrogens is 5. The molecule has 1 aromatic carbocycles. The van der Waals surface area contributed by atoms with E-state index >= 15 is 0 Å². The van der Waals surface area contributed by atoms with Crippen LogP contribution in [0.4, 0.5) is 4.39 Å². The zero-order chi connectivity index (χ0) is 17.1. The predicted molar refractivity (Wildman–Crippen MR) is 85.6 cm³/mol. The lowest BCUT2D eigenvalue weighted by molar-refractivity contribution is 0.0949. The summed E-state index contributed by atoms with van der Waals surface area (Å²) in [5, 5.41) is 14.3. The van der Waals surface area contributed by atoms with Gasteiger partial charge in [-0.1, -0.05) is 22.9 Å². The molecule has 0 fully saturated rings. The molecule has 3 rings (SSSR count). The van der Waals surface area contributed by atoms with E-state index in [2.05, 4.69) is 20.7 Å². The minimum absolute atomic E-state index is 0.0227. The Kier molecular flexibility index (Phi) is 4.57. The third-order valence-corrected chi connectivity index (χ3v) is 3.65. The lowest BCUT2D eigenvalue weighted by Gasteiger charge is -2.03. The van der Waals surface area contributed by atoms with E-state index in [1.165, 1.54) is 23.0 Å². The summed E-state index contributed by atoms with van der Waals surface area (Å²) in [4.78, 5) is 12.1. The maximum Gasteiger partial charge on any atom is 0.273 e. The van der Waals surface area contributed by atoms with E-state index in [9.17, 15) is 9.18 Å². The maximum atomic E-state index is 14.0. The summed E-state index contributed by atoms with van der Waals surface area (Å²) in [6.07, 6.45) is 5.62. The molecular weight excluding hydrogens is 335 g/mol. The molecule has 0 aliphatic carbocycles. The zero-order valence-corrected chi connectivity index (χ0v) is 13.5. The Labute approximate surface area is 142 Å². The number of nitrogens with zero attached hydrogens (tertiary/aromatic N) is 5. The van der Waals surface area contributed by atoms with Crippen molar-refractivity contribution < 1.29 is 9.18 Å². The topological polar surface area (TPSA) is 77.6 Å². The van der Waals surface area contributed by atoms with E-state index in [-0.39, 0.29) is 22.3 Å². The number of aryl methyl sites for hydroxylation is 1. The van der Waals surface area contributed by atoms with Gasteiger partial charge in [-0.05, 0) is 24.1 Å². The van der Waals surface area contributed by atoms with Crippen LogP contribution in [-0.4, -0.2) is 37.2 Å². The predicted octanol–water partition coefficient (Wildman–Crippen LogP) is 1.77. The van der Waals surface area contributed by atoms with Crippen molar-refractivity contribution in [3.63, 3.8) is 0 Å². The number of halogens is 2. The number of nitrogens with one attached hydrogen (secondary N) is 1. The second kappa shape index (κ2) is 6.79. The minimum atomic E-state index is -0.618. The molecule has 0 atom stereocenters. The number of carbonyl (C=O) groups is 1. The molecule has 0 aliphatic rings. The molecule has 9 heteroatoms. The van der Waals surface area contributed by atoms with Crippen LogP contribution in [0, 0.1) is 5.82 Å². The molecule has 1 amide bonds. The van der Waals surface area contributed by atoms with E-state index < -0.39 is 5.82 Å². The van der Waals surface area contributed by atoms with Gasteiger partial charge in [-0.15, -0.1) is 5.10 Å². The quantitative estimate of drug-likeness (QED) is 0.762. The third kappa shape index (κ3) is 3.43. The van der Waals surface area contributed by atoms with Crippen molar-refractivity contribution in [3.8, 4) is 5.69 Å². The fourth-order valence-electron chi connectivity index (χ4n) is 2.17. The molecular formula is C15H14ClFN6O. The second-order valence-corrected chi connectivity index (χ2v) is 5.56. The monoisotopic (exact) mass is 348 g/mol. The molecule has 0 spiro atoms. The summed E-state index contributed by atoms with van der Waals surface area (Å²) in [5.41, 5.74) is 1.24. The van der Waals surface area contributed by atoms with Gasteiger partial charge < -0.3 is 5.32 Å². The van der Waals surface area contributed by atoms with Crippen molar-refractivity contribution in [3.05, 3.63) is 58.9 Å². The van der Waals surface area contributed by atoms with Gasteiger partial charge >= 0.3 is 0 Å². The van der Waals surface area contributed by atoms with E-state index in [0.29, 0.717) is 13.0 Å². The van der Waals surface area contributed by atoms with E-state index in [0.717, 1.165) is 5.56 Å². The molecule has 0 aliphatic heterocycles. The normalized spacial score (nSPS) is 10.8. The number of hydrogen-bond donors (Lipinski definition) is 1. The number of rotatable bonds is 5. The molecule has 0 saturated heterocycles. The van der Waals surface area contributed by atoms with Crippen LogP contribution in [0.1, 0.15) is 16.1 Å².